The largest absolute Gasteiger partial charge is 0.396 e. The van der Waals surface area contributed by atoms with Crippen LogP contribution in [0.4, 0.5) is 0 Å². The fourth-order valence-corrected chi connectivity index (χ4v) is 3.50. The lowest BCUT2D eigenvalue weighted by Gasteiger charge is -2.13. The highest BCUT2D eigenvalue weighted by Crippen LogP contribution is 2.28. The fourth-order valence-electron chi connectivity index (χ4n) is 3.50. The van der Waals surface area contributed by atoms with Crippen LogP contribution in [0.1, 0.15) is 31.2 Å². The van der Waals surface area contributed by atoms with Crippen LogP contribution in [0.25, 0.3) is 21.5 Å². The number of unbranched alkanes of at least 4 members (excludes halogenated alkanes) is 2. The summed E-state index contributed by atoms with van der Waals surface area (Å²) in [6, 6.07) is 19.6. The van der Waals surface area contributed by atoms with Crippen molar-refractivity contribution in [3.63, 3.8) is 0 Å². The molecule has 0 saturated carbocycles. The Balaban J connectivity index is 1.52. The van der Waals surface area contributed by atoms with Gasteiger partial charge in [0, 0.05) is 13.2 Å². The highest BCUT2D eigenvalue weighted by Gasteiger charge is 2.06. The first kappa shape index (κ1) is 18.8. The van der Waals surface area contributed by atoms with Crippen molar-refractivity contribution in [1.82, 2.24) is 10.6 Å². The first-order valence-electron chi connectivity index (χ1n) is 9.82. The Hall–Kier alpha value is -1.94. The fraction of sp³-hybridized carbons (Fsp3) is 0.391. The number of fused-ring (bicyclic) bond motifs is 2. The molecule has 3 rings (SSSR count). The molecule has 26 heavy (non-hydrogen) atoms. The zero-order chi connectivity index (χ0) is 18.0. The van der Waals surface area contributed by atoms with Gasteiger partial charge >= 0.3 is 0 Å². The van der Waals surface area contributed by atoms with Gasteiger partial charge in [0.25, 0.3) is 0 Å². The Morgan fingerprint density at radius 3 is 1.81 bits per heavy atom. The molecule has 0 fully saturated rings. The van der Waals surface area contributed by atoms with Gasteiger partial charge < -0.3 is 15.7 Å². The van der Waals surface area contributed by atoms with Crippen molar-refractivity contribution in [2.24, 2.45) is 0 Å². The summed E-state index contributed by atoms with van der Waals surface area (Å²) in [5.41, 5.74) is 1.40. The number of benzene rings is 3. The minimum atomic E-state index is 0.300. The molecule has 0 bridgehead atoms. The molecule has 0 unspecified atom stereocenters. The van der Waals surface area contributed by atoms with E-state index in [0.29, 0.717) is 6.61 Å². The number of hydrogen-bond donors (Lipinski definition) is 3. The van der Waals surface area contributed by atoms with Crippen LogP contribution >= 0.6 is 0 Å². The maximum absolute atomic E-state index is 8.76. The van der Waals surface area contributed by atoms with E-state index >= 15 is 0 Å². The van der Waals surface area contributed by atoms with Crippen molar-refractivity contribution >= 4 is 21.5 Å². The molecule has 0 radical (unpaired) electrons. The summed E-state index contributed by atoms with van der Waals surface area (Å²) in [5.74, 6) is 0. The van der Waals surface area contributed by atoms with Crippen LogP contribution < -0.4 is 10.6 Å². The number of nitrogens with one attached hydrogen (secondary N) is 2. The molecule has 3 aromatic rings. The second-order valence-corrected chi connectivity index (χ2v) is 6.86. The van der Waals surface area contributed by atoms with Gasteiger partial charge in [-0.05, 0) is 78.5 Å². The maximum atomic E-state index is 8.76. The van der Waals surface area contributed by atoms with Crippen molar-refractivity contribution in [2.45, 2.75) is 32.2 Å². The summed E-state index contributed by atoms with van der Waals surface area (Å²) in [6.45, 7) is 4.32. The third kappa shape index (κ3) is 5.04. The van der Waals surface area contributed by atoms with Crippen LogP contribution in [0.15, 0.2) is 54.6 Å². The molecular weight excluding hydrogens is 320 g/mol. The summed E-state index contributed by atoms with van der Waals surface area (Å²) in [6.07, 6.45) is 4.31. The maximum Gasteiger partial charge on any atom is 0.0431 e. The first-order valence-corrected chi connectivity index (χ1v) is 9.82. The Labute approximate surface area is 156 Å². The molecular formula is C23H30N2O. The van der Waals surface area contributed by atoms with Crippen molar-refractivity contribution in [1.29, 1.82) is 0 Å². The molecule has 3 N–H and O–H groups in total. The van der Waals surface area contributed by atoms with Gasteiger partial charge in [-0.2, -0.15) is 0 Å². The van der Waals surface area contributed by atoms with Gasteiger partial charge in [-0.1, -0.05) is 48.5 Å². The van der Waals surface area contributed by atoms with Gasteiger partial charge in [-0.25, -0.2) is 0 Å². The van der Waals surface area contributed by atoms with E-state index in [1.807, 2.05) is 0 Å². The molecule has 3 nitrogen and oxygen atoms in total. The number of aliphatic hydroxyl groups excluding tert-OH is 1. The molecule has 3 heteroatoms. The summed E-state index contributed by atoms with van der Waals surface area (Å²) < 4.78 is 0. The van der Waals surface area contributed by atoms with Gasteiger partial charge in [-0.3, -0.25) is 0 Å². The Bertz CT molecular complexity index is 762. The van der Waals surface area contributed by atoms with Gasteiger partial charge in [0.05, 0.1) is 0 Å². The molecule has 0 aliphatic carbocycles. The summed E-state index contributed by atoms with van der Waals surface area (Å²) in [7, 11) is 0. The van der Waals surface area contributed by atoms with E-state index in [1.54, 1.807) is 0 Å². The lowest BCUT2D eigenvalue weighted by Crippen LogP contribution is -2.20. The van der Waals surface area contributed by atoms with Crippen molar-refractivity contribution in [2.75, 3.05) is 26.2 Å². The second-order valence-electron chi connectivity index (χ2n) is 6.86. The third-order valence-corrected chi connectivity index (χ3v) is 4.90. The van der Waals surface area contributed by atoms with Crippen LogP contribution in [0.5, 0.6) is 0 Å². The predicted molar refractivity (Wildman–Crippen MR) is 112 cm³/mol. The van der Waals surface area contributed by atoms with E-state index in [2.05, 4.69) is 65.2 Å². The van der Waals surface area contributed by atoms with Gasteiger partial charge in [0.15, 0.2) is 0 Å². The average molecular weight is 351 g/mol. The minimum absolute atomic E-state index is 0.300. The molecule has 138 valence electrons. The molecule has 3 aromatic carbocycles. The average Bonchev–Trinajstić information content (AvgIpc) is 2.68. The molecule has 0 heterocycles. The minimum Gasteiger partial charge on any atom is -0.396 e. The first-order chi connectivity index (χ1) is 12.9. The highest BCUT2D eigenvalue weighted by molar-refractivity contribution is 6.02. The van der Waals surface area contributed by atoms with Crippen molar-refractivity contribution < 1.29 is 5.11 Å². The van der Waals surface area contributed by atoms with E-state index in [0.717, 1.165) is 39.0 Å². The number of rotatable bonds is 11. The highest BCUT2D eigenvalue weighted by atomic mass is 16.2. The van der Waals surface area contributed by atoms with Crippen LogP contribution in [0.2, 0.25) is 0 Å². The van der Waals surface area contributed by atoms with E-state index in [9.17, 15) is 0 Å². The quantitative estimate of drug-likeness (QED) is 0.358. The second kappa shape index (κ2) is 10.3. The summed E-state index contributed by atoms with van der Waals surface area (Å²) in [5, 5.41) is 21.2. The molecule has 0 aromatic heterocycles. The van der Waals surface area contributed by atoms with E-state index in [1.165, 1.54) is 39.9 Å². The standard InChI is InChI=1S/C23H30N2O/c26-16-8-7-14-24-13-5-6-15-25-18-23-21-11-3-1-9-19(21)17-20-10-2-4-12-22(20)23/h1-4,9-12,17,24-26H,5-8,13-16,18H2. The third-order valence-electron chi connectivity index (χ3n) is 4.90. The van der Waals surface area contributed by atoms with Crippen LogP contribution in [-0.2, 0) is 6.54 Å². The van der Waals surface area contributed by atoms with Gasteiger partial charge in [0.1, 0.15) is 0 Å². The zero-order valence-corrected chi connectivity index (χ0v) is 15.5. The Kier molecular flexibility index (Phi) is 7.44. The lowest BCUT2D eigenvalue weighted by atomic mass is 9.97. The van der Waals surface area contributed by atoms with Gasteiger partial charge in [-0.15, -0.1) is 0 Å². The number of hydrogen-bond acceptors (Lipinski definition) is 3. The monoisotopic (exact) mass is 350 g/mol. The van der Waals surface area contributed by atoms with Crippen molar-refractivity contribution in [3.05, 3.63) is 60.2 Å². The molecule has 0 atom stereocenters. The summed E-state index contributed by atoms with van der Waals surface area (Å²) in [4.78, 5) is 0. The molecule has 0 aliphatic heterocycles. The predicted octanol–water partition coefficient (Wildman–Crippen LogP) is 4.22. The molecule has 0 aliphatic rings. The SMILES string of the molecule is OCCCCNCCCCNCc1c2ccccc2cc2ccccc12. The molecule has 0 amide bonds. The Morgan fingerprint density at radius 1 is 0.654 bits per heavy atom. The van der Waals surface area contributed by atoms with Crippen LogP contribution in [0.3, 0.4) is 0 Å². The van der Waals surface area contributed by atoms with Crippen LogP contribution in [-0.4, -0.2) is 31.3 Å². The normalized spacial score (nSPS) is 11.4. The van der Waals surface area contributed by atoms with E-state index in [-0.39, 0.29) is 0 Å². The lowest BCUT2D eigenvalue weighted by molar-refractivity contribution is 0.283. The molecule has 0 spiro atoms. The van der Waals surface area contributed by atoms with Crippen molar-refractivity contribution in [3.8, 4) is 0 Å². The zero-order valence-electron chi connectivity index (χ0n) is 15.5. The Morgan fingerprint density at radius 2 is 1.19 bits per heavy atom. The van der Waals surface area contributed by atoms with Gasteiger partial charge in [0.2, 0.25) is 0 Å². The summed E-state index contributed by atoms with van der Waals surface area (Å²) >= 11 is 0. The smallest absolute Gasteiger partial charge is 0.0431 e. The topological polar surface area (TPSA) is 44.3 Å². The number of aliphatic hydroxyl groups is 1. The van der Waals surface area contributed by atoms with Crippen LogP contribution in [0, 0.1) is 0 Å². The van der Waals surface area contributed by atoms with E-state index in [4.69, 9.17) is 5.11 Å². The molecule has 0 saturated heterocycles. The van der Waals surface area contributed by atoms with E-state index < -0.39 is 0 Å².